The van der Waals surface area contributed by atoms with E-state index in [1.165, 1.54) is 0 Å². The van der Waals surface area contributed by atoms with E-state index in [2.05, 4.69) is 5.32 Å². The normalized spacial score (nSPS) is 10.9. The van der Waals surface area contributed by atoms with Gasteiger partial charge in [0.25, 0.3) is 5.91 Å². The van der Waals surface area contributed by atoms with Crippen molar-refractivity contribution in [1.29, 1.82) is 5.26 Å². The van der Waals surface area contributed by atoms with E-state index in [1.54, 1.807) is 24.3 Å². The molecule has 0 aliphatic carbocycles. The lowest BCUT2D eigenvalue weighted by Crippen LogP contribution is -2.26. The van der Waals surface area contributed by atoms with Gasteiger partial charge in [0.2, 0.25) is 0 Å². The molecule has 0 aliphatic heterocycles. The van der Waals surface area contributed by atoms with Gasteiger partial charge in [0.15, 0.2) is 11.5 Å². The summed E-state index contributed by atoms with van der Waals surface area (Å²) in [7, 11) is 0. The Bertz CT molecular complexity index is 1140. The number of benzene rings is 3. The average molecular weight is 471 g/mol. The minimum Gasteiger partial charge on any atom is -0.485 e. The van der Waals surface area contributed by atoms with E-state index in [-0.39, 0.29) is 5.57 Å². The maximum Gasteiger partial charge on any atom is 0.261 e. The molecule has 3 aromatic rings. The second-order valence-corrected chi connectivity index (χ2v) is 7.73. The minimum absolute atomic E-state index is 0.0216. The van der Waals surface area contributed by atoms with Gasteiger partial charge >= 0.3 is 0 Å². The molecule has 1 amide bonds. The number of nitrogens with zero attached hydrogens (tertiary/aromatic N) is 1. The molecule has 0 atom stereocenters. The van der Waals surface area contributed by atoms with Crippen LogP contribution in [0.4, 0.5) is 0 Å². The number of hydrogen-bond donors (Lipinski definition) is 1. The summed E-state index contributed by atoms with van der Waals surface area (Å²) in [6.45, 7) is 4.32. The Balaban J connectivity index is 1.75. The summed E-state index contributed by atoms with van der Waals surface area (Å²) in [5, 5.41) is 12.3. The maximum absolute atomic E-state index is 12.4. The van der Waals surface area contributed by atoms with Crippen molar-refractivity contribution in [3.63, 3.8) is 0 Å². The first-order chi connectivity index (χ1) is 17.2. The second kappa shape index (κ2) is 14.2. The lowest BCUT2D eigenvalue weighted by Gasteiger charge is -2.14. The number of amides is 1. The molecular formula is C29H30N2O4. The van der Waals surface area contributed by atoms with E-state index >= 15 is 0 Å². The van der Waals surface area contributed by atoms with Crippen molar-refractivity contribution in [3.8, 4) is 17.6 Å². The molecule has 6 nitrogen and oxygen atoms in total. The highest BCUT2D eigenvalue weighted by atomic mass is 16.5. The van der Waals surface area contributed by atoms with Crippen LogP contribution in [0.25, 0.3) is 6.08 Å². The van der Waals surface area contributed by atoms with Gasteiger partial charge in [0.1, 0.15) is 24.9 Å². The van der Waals surface area contributed by atoms with Crippen molar-refractivity contribution >= 4 is 12.0 Å². The molecule has 0 heterocycles. The summed E-state index contributed by atoms with van der Waals surface area (Å²) < 4.78 is 17.4. The van der Waals surface area contributed by atoms with Gasteiger partial charge < -0.3 is 19.5 Å². The Morgan fingerprint density at radius 1 is 0.914 bits per heavy atom. The topological polar surface area (TPSA) is 80.6 Å². The Morgan fingerprint density at radius 3 is 2.14 bits per heavy atom. The third-order valence-corrected chi connectivity index (χ3v) is 5.07. The molecule has 0 saturated heterocycles. The fraction of sp³-hybridized carbons (Fsp3) is 0.241. The van der Waals surface area contributed by atoms with Crippen molar-refractivity contribution in [2.45, 2.75) is 26.6 Å². The fourth-order valence-electron chi connectivity index (χ4n) is 3.25. The van der Waals surface area contributed by atoms with Gasteiger partial charge in [-0.25, -0.2) is 0 Å². The van der Waals surface area contributed by atoms with Crippen LogP contribution >= 0.6 is 0 Å². The molecule has 0 aromatic heterocycles. The number of nitrogens with one attached hydrogen (secondary N) is 1. The summed E-state index contributed by atoms with van der Waals surface area (Å²) in [5.41, 5.74) is 2.75. The summed E-state index contributed by atoms with van der Waals surface area (Å²) in [6, 6.07) is 27.1. The number of nitriles is 1. The Labute approximate surface area is 206 Å². The summed E-state index contributed by atoms with van der Waals surface area (Å²) in [6.07, 6.45) is 2.23. The van der Waals surface area contributed by atoms with Gasteiger partial charge in [-0.1, -0.05) is 66.7 Å². The molecule has 0 bridgehead atoms. The highest BCUT2D eigenvalue weighted by Gasteiger charge is 2.11. The van der Waals surface area contributed by atoms with Crippen molar-refractivity contribution in [3.05, 3.63) is 101 Å². The molecule has 6 heteroatoms. The van der Waals surface area contributed by atoms with Gasteiger partial charge in [0.05, 0.1) is 0 Å². The standard InChI is InChI=1S/C29H30N2O4/c1-2-33-17-9-16-31-29(32)26(20-30)18-25-14-15-27(34-21-23-10-5-3-6-11-23)28(19-25)35-22-24-12-7-4-8-13-24/h3-8,10-15,18-19H,2,9,16-17,21-22H2,1H3,(H,31,32)/b26-18-. The summed E-state index contributed by atoms with van der Waals surface area (Å²) in [5.74, 6) is 0.703. The van der Waals surface area contributed by atoms with Crippen molar-refractivity contribution in [2.24, 2.45) is 0 Å². The van der Waals surface area contributed by atoms with E-state index in [0.717, 1.165) is 11.1 Å². The van der Waals surface area contributed by atoms with Crippen LogP contribution in [0.2, 0.25) is 0 Å². The van der Waals surface area contributed by atoms with E-state index in [4.69, 9.17) is 14.2 Å². The zero-order valence-corrected chi connectivity index (χ0v) is 19.9. The third kappa shape index (κ3) is 8.65. The van der Waals surface area contributed by atoms with Gasteiger partial charge in [-0.15, -0.1) is 0 Å². The van der Waals surface area contributed by atoms with E-state index in [9.17, 15) is 10.1 Å². The Morgan fingerprint density at radius 2 is 1.54 bits per heavy atom. The maximum atomic E-state index is 12.4. The van der Waals surface area contributed by atoms with Crippen LogP contribution in [-0.2, 0) is 22.7 Å². The number of carbonyl (C=O) groups is 1. The zero-order valence-electron chi connectivity index (χ0n) is 19.9. The molecule has 0 aliphatic rings. The molecule has 0 saturated carbocycles. The molecule has 35 heavy (non-hydrogen) atoms. The van der Waals surface area contributed by atoms with Crippen LogP contribution in [0.3, 0.4) is 0 Å². The molecular weight excluding hydrogens is 440 g/mol. The summed E-state index contributed by atoms with van der Waals surface area (Å²) in [4.78, 5) is 12.4. The van der Waals surface area contributed by atoms with E-state index in [0.29, 0.717) is 56.5 Å². The first-order valence-electron chi connectivity index (χ1n) is 11.6. The first kappa shape index (κ1) is 25.5. The van der Waals surface area contributed by atoms with E-state index < -0.39 is 5.91 Å². The Kier molecular flexibility index (Phi) is 10.4. The predicted octanol–water partition coefficient (Wildman–Crippen LogP) is 5.29. The number of ether oxygens (including phenoxy) is 3. The molecule has 0 unspecified atom stereocenters. The van der Waals surface area contributed by atoms with Crippen molar-refractivity contribution in [1.82, 2.24) is 5.32 Å². The number of hydrogen-bond acceptors (Lipinski definition) is 5. The average Bonchev–Trinajstić information content (AvgIpc) is 2.90. The predicted molar refractivity (Wildman–Crippen MR) is 136 cm³/mol. The quantitative estimate of drug-likeness (QED) is 0.208. The van der Waals surface area contributed by atoms with Crippen molar-refractivity contribution < 1.29 is 19.0 Å². The molecule has 180 valence electrons. The van der Waals surface area contributed by atoms with Gasteiger partial charge in [0, 0.05) is 19.8 Å². The van der Waals surface area contributed by atoms with Crippen molar-refractivity contribution in [2.75, 3.05) is 19.8 Å². The molecule has 0 spiro atoms. The first-order valence-corrected chi connectivity index (χ1v) is 11.6. The van der Waals surface area contributed by atoms with Crippen LogP contribution in [0.1, 0.15) is 30.0 Å². The van der Waals surface area contributed by atoms with Gasteiger partial charge in [-0.2, -0.15) is 5.26 Å². The lowest BCUT2D eigenvalue weighted by molar-refractivity contribution is -0.117. The largest absolute Gasteiger partial charge is 0.485 e. The highest BCUT2D eigenvalue weighted by Crippen LogP contribution is 2.31. The van der Waals surface area contributed by atoms with Crippen LogP contribution in [0, 0.1) is 11.3 Å². The Hall–Kier alpha value is -4.08. The smallest absolute Gasteiger partial charge is 0.261 e. The van der Waals surface area contributed by atoms with Gasteiger partial charge in [-0.3, -0.25) is 4.79 Å². The van der Waals surface area contributed by atoms with Gasteiger partial charge in [-0.05, 0) is 48.2 Å². The molecule has 0 fully saturated rings. The molecule has 1 N–H and O–H groups in total. The monoisotopic (exact) mass is 470 g/mol. The number of rotatable bonds is 13. The third-order valence-electron chi connectivity index (χ3n) is 5.07. The van der Waals surface area contributed by atoms with Crippen LogP contribution in [0.15, 0.2) is 84.4 Å². The zero-order chi connectivity index (χ0) is 24.7. The minimum atomic E-state index is -0.417. The molecule has 0 radical (unpaired) electrons. The number of carbonyl (C=O) groups excluding carboxylic acids is 1. The fourth-order valence-corrected chi connectivity index (χ4v) is 3.25. The van der Waals surface area contributed by atoms with Crippen LogP contribution < -0.4 is 14.8 Å². The molecule has 3 aromatic carbocycles. The highest BCUT2D eigenvalue weighted by molar-refractivity contribution is 6.01. The summed E-state index contributed by atoms with van der Waals surface area (Å²) >= 11 is 0. The van der Waals surface area contributed by atoms with Crippen LogP contribution in [0.5, 0.6) is 11.5 Å². The lowest BCUT2D eigenvalue weighted by atomic mass is 10.1. The molecule has 3 rings (SSSR count). The van der Waals surface area contributed by atoms with Crippen LogP contribution in [-0.4, -0.2) is 25.7 Å². The van der Waals surface area contributed by atoms with E-state index in [1.807, 2.05) is 73.7 Å². The second-order valence-electron chi connectivity index (χ2n) is 7.73. The SMILES string of the molecule is CCOCCCNC(=O)/C(C#N)=C\c1ccc(OCc2ccccc2)c(OCc2ccccc2)c1.